The molecule has 0 unspecified atom stereocenters. The number of likely N-dealkylation sites (N-methyl/N-ethyl adjacent to an activating group) is 1. The molecule has 0 saturated carbocycles. The third kappa shape index (κ3) is 3.86. The number of carbonyl (C=O) groups is 1. The minimum Gasteiger partial charge on any atom is -0.478 e. The van der Waals surface area contributed by atoms with Crippen LogP contribution < -0.4 is 9.88 Å². The van der Waals surface area contributed by atoms with E-state index in [4.69, 9.17) is 5.14 Å². The Hall–Kier alpha value is -1.74. The van der Waals surface area contributed by atoms with E-state index in [9.17, 15) is 22.0 Å². The zero-order chi connectivity index (χ0) is 14.8. The number of rotatable bonds is 4. The Morgan fingerprint density at radius 3 is 2.16 bits per heavy atom. The van der Waals surface area contributed by atoms with Crippen LogP contribution in [0.1, 0.15) is 0 Å². The quantitative estimate of drug-likeness (QED) is 0.851. The second-order valence-corrected chi connectivity index (χ2v) is 5.40. The van der Waals surface area contributed by atoms with Gasteiger partial charge in [0.2, 0.25) is 10.0 Å². The molecular formula is C10H12F2N2O4S. The van der Waals surface area contributed by atoms with Crippen molar-refractivity contribution in [3.63, 3.8) is 0 Å². The first kappa shape index (κ1) is 15.3. The van der Waals surface area contributed by atoms with Gasteiger partial charge in [-0.1, -0.05) is 0 Å². The Bertz CT molecular complexity index is 579. The molecule has 1 aromatic rings. The van der Waals surface area contributed by atoms with E-state index in [0.717, 1.165) is 0 Å². The van der Waals surface area contributed by atoms with Crippen LogP contribution in [-0.4, -0.2) is 39.9 Å². The van der Waals surface area contributed by atoms with E-state index >= 15 is 0 Å². The highest BCUT2D eigenvalue weighted by Crippen LogP contribution is 2.24. The van der Waals surface area contributed by atoms with Crippen molar-refractivity contribution in [1.29, 1.82) is 0 Å². The van der Waals surface area contributed by atoms with E-state index in [2.05, 4.69) is 4.74 Å². The summed E-state index contributed by atoms with van der Waals surface area (Å²) in [5, 5.41) is 4.74. The number of ether oxygens (including phenoxy) is 1. The number of sulfonamides is 1. The fraction of sp³-hybridized carbons (Fsp3) is 0.300. The molecule has 1 amide bonds. The highest BCUT2D eigenvalue weighted by molar-refractivity contribution is 7.89. The highest BCUT2D eigenvalue weighted by Gasteiger charge is 2.19. The van der Waals surface area contributed by atoms with Gasteiger partial charge in [0.15, 0.2) is 24.0 Å². The molecule has 106 valence electrons. The third-order valence-electron chi connectivity index (χ3n) is 2.14. The number of hydrogen-bond donors (Lipinski definition) is 1. The maximum absolute atomic E-state index is 13.5. The summed E-state index contributed by atoms with van der Waals surface area (Å²) in [5.74, 6) is -3.84. The van der Waals surface area contributed by atoms with Crippen molar-refractivity contribution >= 4 is 15.9 Å². The summed E-state index contributed by atoms with van der Waals surface area (Å²) in [4.78, 5) is 11.7. The van der Waals surface area contributed by atoms with Crippen LogP contribution in [0.2, 0.25) is 0 Å². The van der Waals surface area contributed by atoms with E-state index < -0.39 is 44.8 Å². The van der Waals surface area contributed by atoms with E-state index in [-0.39, 0.29) is 0 Å². The molecule has 9 heteroatoms. The summed E-state index contributed by atoms with van der Waals surface area (Å²) in [6.07, 6.45) is 0. The Morgan fingerprint density at radius 1 is 1.32 bits per heavy atom. The van der Waals surface area contributed by atoms with Gasteiger partial charge in [-0.3, -0.25) is 4.79 Å². The lowest BCUT2D eigenvalue weighted by atomic mass is 10.3. The maximum Gasteiger partial charge on any atom is 0.259 e. The molecule has 2 N–H and O–H groups in total. The summed E-state index contributed by atoms with van der Waals surface area (Å²) in [7, 11) is -1.33. The monoisotopic (exact) mass is 294 g/mol. The van der Waals surface area contributed by atoms with Crippen molar-refractivity contribution in [3.05, 3.63) is 23.8 Å². The molecule has 0 aliphatic carbocycles. The molecule has 0 heterocycles. The number of primary sulfonamides is 1. The molecule has 0 aliphatic heterocycles. The van der Waals surface area contributed by atoms with Gasteiger partial charge >= 0.3 is 0 Å². The van der Waals surface area contributed by atoms with E-state index in [0.29, 0.717) is 12.1 Å². The van der Waals surface area contributed by atoms with Crippen LogP contribution in [0.25, 0.3) is 0 Å². The summed E-state index contributed by atoms with van der Waals surface area (Å²) in [6.45, 7) is -0.574. The molecule has 0 aliphatic rings. The van der Waals surface area contributed by atoms with Gasteiger partial charge in [-0.15, -0.1) is 0 Å². The molecule has 1 aromatic carbocycles. The standard InChI is InChI=1S/C10H12F2N2O4S/c1-14(2)9(15)5-18-10-7(11)3-6(4-8(10)12)19(13,16)17/h3-4H,5H2,1-2H3,(H2,13,16,17). The molecular weight excluding hydrogens is 282 g/mol. The van der Waals surface area contributed by atoms with Gasteiger partial charge < -0.3 is 9.64 Å². The number of nitrogens with two attached hydrogens (primary N) is 1. The molecule has 1 rings (SSSR count). The SMILES string of the molecule is CN(C)C(=O)COc1c(F)cc(S(N)(=O)=O)cc1F. The molecule has 19 heavy (non-hydrogen) atoms. The van der Waals surface area contributed by atoms with E-state index in [1.165, 1.54) is 19.0 Å². The van der Waals surface area contributed by atoms with Crippen LogP contribution in [0, 0.1) is 11.6 Å². The highest BCUT2D eigenvalue weighted by atomic mass is 32.2. The number of nitrogens with zero attached hydrogens (tertiary/aromatic N) is 1. The predicted octanol–water partition coefficient (Wildman–Crippen LogP) is 0.0792. The third-order valence-corrected chi connectivity index (χ3v) is 3.03. The Labute approximate surface area is 108 Å². The Balaban J connectivity index is 3.02. The Morgan fingerprint density at radius 2 is 1.79 bits per heavy atom. The lowest BCUT2D eigenvalue weighted by molar-refractivity contribution is -0.130. The topological polar surface area (TPSA) is 89.7 Å². The maximum atomic E-state index is 13.5. The minimum atomic E-state index is -4.22. The van der Waals surface area contributed by atoms with Crippen LogP contribution in [0.5, 0.6) is 5.75 Å². The van der Waals surface area contributed by atoms with Crippen molar-refractivity contribution in [1.82, 2.24) is 4.90 Å². The predicted molar refractivity (Wildman–Crippen MR) is 61.9 cm³/mol. The van der Waals surface area contributed by atoms with Gasteiger partial charge in [0.05, 0.1) is 4.90 Å². The van der Waals surface area contributed by atoms with Crippen LogP contribution >= 0.6 is 0 Å². The molecule has 0 bridgehead atoms. The lowest BCUT2D eigenvalue weighted by Crippen LogP contribution is -2.28. The van der Waals surface area contributed by atoms with Gasteiger partial charge in [0, 0.05) is 14.1 Å². The lowest BCUT2D eigenvalue weighted by Gasteiger charge is -2.12. The normalized spacial score (nSPS) is 11.2. The zero-order valence-corrected chi connectivity index (χ0v) is 11.0. The van der Waals surface area contributed by atoms with Gasteiger partial charge in [-0.25, -0.2) is 22.3 Å². The molecule has 0 spiro atoms. The molecule has 0 aromatic heterocycles. The van der Waals surface area contributed by atoms with Gasteiger partial charge in [0.1, 0.15) is 0 Å². The molecule has 0 radical (unpaired) electrons. The Kier molecular flexibility index (Phi) is 4.43. The van der Waals surface area contributed by atoms with Crippen molar-refractivity contribution in [3.8, 4) is 5.75 Å². The van der Waals surface area contributed by atoms with Crippen molar-refractivity contribution in [2.75, 3.05) is 20.7 Å². The van der Waals surface area contributed by atoms with Crippen molar-refractivity contribution in [2.45, 2.75) is 4.90 Å². The van der Waals surface area contributed by atoms with E-state index in [1.54, 1.807) is 0 Å². The molecule has 0 fully saturated rings. The van der Waals surface area contributed by atoms with Gasteiger partial charge in [0.25, 0.3) is 5.91 Å². The average molecular weight is 294 g/mol. The number of amides is 1. The average Bonchev–Trinajstić information content (AvgIpc) is 2.25. The summed E-state index contributed by atoms with van der Waals surface area (Å²) in [5.41, 5.74) is 0. The first-order valence-corrected chi connectivity index (χ1v) is 6.52. The number of carbonyl (C=O) groups excluding carboxylic acids is 1. The van der Waals surface area contributed by atoms with Crippen LogP contribution in [0.4, 0.5) is 8.78 Å². The molecule has 0 atom stereocenters. The zero-order valence-electron chi connectivity index (χ0n) is 10.2. The molecule has 6 nitrogen and oxygen atoms in total. The van der Waals surface area contributed by atoms with Crippen molar-refractivity contribution < 1.29 is 26.7 Å². The van der Waals surface area contributed by atoms with Crippen LogP contribution in [0.3, 0.4) is 0 Å². The number of halogens is 2. The molecule has 0 saturated heterocycles. The van der Waals surface area contributed by atoms with Crippen LogP contribution in [0.15, 0.2) is 17.0 Å². The number of hydrogen-bond acceptors (Lipinski definition) is 4. The fourth-order valence-corrected chi connectivity index (χ4v) is 1.64. The summed E-state index contributed by atoms with van der Waals surface area (Å²) < 4.78 is 53.5. The second kappa shape index (κ2) is 5.49. The summed E-state index contributed by atoms with van der Waals surface area (Å²) >= 11 is 0. The van der Waals surface area contributed by atoms with E-state index in [1.807, 2.05) is 0 Å². The van der Waals surface area contributed by atoms with Gasteiger partial charge in [-0.2, -0.15) is 0 Å². The summed E-state index contributed by atoms with van der Waals surface area (Å²) in [6, 6.07) is 1.04. The first-order valence-electron chi connectivity index (χ1n) is 4.97. The van der Waals surface area contributed by atoms with Gasteiger partial charge in [-0.05, 0) is 12.1 Å². The first-order chi connectivity index (χ1) is 8.62. The largest absolute Gasteiger partial charge is 0.478 e. The van der Waals surface area contributed by atoms with Crippen LogP contribution in [-0.2, 0) is 14.8 Å². The fourth-order valence-electron chi connectivity index (χ4n) is 1.10. The number of benzene rings is 1. The minimum absolute atomic E-state index is 0.505. The second-order valence-electron chi connectivity index (χ2n) is 3.84. The smallest absolute Gasteiger partial charge is 0.259 e. The van der Waals surface area contributed by atoms with Crippen molar-refractivity contribution in [2.24, 2.45) is 5.14 Å².